The van der Waals surface area contributed by atoms with Crippen molar-refractivity contribution in [2.24, 2.45) is 0 Å². The van der Waals surface area contributed by atoms with E-state index in [0.29, 0.717) is 0 Å². The predicted molar refractivity (Wildman–Crippen MR) is 59.0 cm³/mol. The highest BCUT2D eigenvalue weighted by atomic mass is 14.6. The van der Waals surface area contributed by atoms with Crippen LogP contribution in [0.25, 0.3) is 10.9 Å². The van der Waals surface area contributed by atoms with Crippen molar-refractivity contribution in [1.29, 1.82) is 0 Å². The number of hydrogen-bond acceptors (Lipinski definition) is 1. The fourth-order valence-corrected chi connectivity index (χ4v) is 1.54. The standard InChI is InChI=1S/C13H11N/c1-3-6-11-9-14-13-8-5-4-7-12(13)10(11)2/h4-5,7-9H,1-2H3. The Balaban J connectivity index is 2.79. The molecule has 1 aromatic heterocycles. The maximum Gasteiger partial charge on any atom is 0.0705 e. The van der Waals surface area contributed by atoms with Gasteiger partial charge in [-0.3, -0.25) is 4.98 Å². The molecule has 0 aliphatic carbocycles. The normalized spacial score (nSPS) is 9.57. The van der Waals surface area contributed by atoms with Crippen LogP contribution in [0.5, 0.6) is 0 Å². The molecule has 0 radical (unpaired) electrons. The van der Waals surface area contributed by atoms with Gasteiger partial charge in [0.25, 0.3) is 0 Å². The summed E-state index contributed by atoms with van der Waals surface area (Å²) in [6.45, 7) is 3.93. The zero-order chi connectivity index (χ0) is 9.97. The van der Waals surface area contributed by atoms with E-state index in [0.717, 1.165) is 11.1 Å². The Bertz CT molecular complexity index is 530. The first-order chi connectivity index (χ1) is 6.83. The first kappa shape index (κ1) is 8.77. The Kier molecular flexibility index (Phi) is 2.20. The van der Waals surface area contributed by atoms with Crippen molar-refractivity contribution >= 4 is 10.9 Å². The van der Waals surface area contributed by atoms with Crippen molar-refractivity contribution in [2.45, 2.75) is 13.8 Å². The van der Waals surface area contributed by atoms with Crippen molar-refractivity contribution in [3.63, 3.8) is 0 Å². The van der Waals surface area contributed by atoms with E-state index in [1.54, 1.807) is 0 Å². The lowest BCUT2D eigenvalue weighted by molar-refractivity contribution is 1.34. The van der Waals surface area contributed by atoms with Crippen LogP contribution in [0.15, 0.2) is 30.5 Å². The fourth-order valence-electron chi connectivity index (χ4n) is 1.54. The van der Waals surface area contributed by atoms with E-state index in [1.165, 1.54) is 10.9 Å². The van der Waals surface area contributed by atoms with Crippen LogP contribution in [0.4, 0.5) is 0 Å². The molecule has 0 unspecified atom stereocenters. The van der Waals surface area contributed by atoms with Crippen molar-refractivity contribution in [2.75, 3.05) is 0 Å². The predicted octanol–water partition coefficient (Wildman–Crippen LogP) is 2.91. The molecule has 1 nitrogen and oxygen atoms in total. The lowest BCUT2D eigenvalue weighted by Gasteiger charge is -2.02. The molecule has 0 spiro atoms. The molecule has 0 atom stereocenters. The SMILES string of the molecule is CC#Cc1cnc2ccccc2c1C. The smallest absolute Gasteiger partial charge is 0.0705 e. The van der Waals surface area contributed by atoms with E-state index >= 15 is 0 Å². The Morgan fingerprint density at radius 3 is 2.79 bits per heavy atom. The zero-order valence-corrected chi connectivity index (χ0v) is 8.33. The third-order valence-electron chi connectivity index (χ3n) is 2.30. The molecule has 2 aromatic rings. The maximum absolute atomic E-state index is 4.36. The van der Waals surface area contributed by atoms with Crippen LogP contribution in [0.2, 0.25) is 0 Å². The quantitative estimate of drug-likeness (QED) is 0.569. The molecule has 0 bridgehead atoms. The summed E-state index contributed by atoms with van der Waals surface area (Å²) in [5.74, 6) is 5.95. The third-order valence-corrected chi connectivity index (χ3v) is 2.30. The van der Waals surface area contributed by atoms with Gasteiger partial charge in [0.1, 0.15) is 0 Å². The van der Waals surface area contributed by atoms with Crippen molar-refractivity contribution in [1.82, 2.24) is 4.98 Å². The van der Waals surface area contributed by atoms with Crippen LogP contribution in [-0.4, -0.2) is 4.98 Å². The first-order valence-electron chi connectivity index (χ1n) is 4.60. The van der Waals surface area contributed by atoms with Gasteiger partial charge >= 0.3 is 0 Å². The summed E-state index contributed by atoms with van der Waals surface area (Å²) < 4.78 is 0. The van der Waals surface area contributed by atoms with Gasteiger partial charge in [0, 0.05) is 17.1 Å². The van der Waals surface area contributed by atoms with Crippen molar-refractivity contribution in [3.05, 3.63) is 41.6 Å². The Hall–Kier alpha value is -1.81. The summed E-state index contributed by atoms with van der Waals surface area (Å²) in [5.41, 5.74) is 3.27. The molecule has 1 heterocycles. The first-order valence-corrected chi connectivity index (χ1v) is 4.60. The van der Waals surface area contributed by atoms with E-state index in [1.807, 2.05) is 31.3 Å². The van der Waals surface area contributed by atoms with Crippen molar-refractivity contribution < 1.29 is 0 Å². The van der Waals surface area contributed by atoms with Crippen molar-refractivity contribution in [3.8, 4) is 11.8 Å². The second kappa shape index (κ2) is 3.51. The van der Waals surface area contributed by atoms with E-state index in [2.05, 4.69) is 29.8 Å². The van der Waals surface area contributed by atoms with Gasteiger partial charge in [-0.2, -0.15) is 0 Å². The molecule has 2 rings (SSSR count). The average Bonchev–Trinajstić information content (AvgIpc) is 2.23. The minimum absolute atomic E-state index is 1.02. The topological polar surface area (TPSA) is 12.9 Å². The van der Waals surface area contributed by atoms with Gasteiger partial charge in [-0.25, -0.2) is 0 Å². The van der Waals surface area contributed by atoms with E-state index < -0.39 is 0 Å². The number of nitrogens with zero attached hydrogens (tertiary/aromatic N) is 1. The molecular formula is C13H11N. The molecule has 1 aromatic carbocycles. The Labute approximate surface area is 83.8 Å². The molecule has 0 aliphatic rings. The van der Waals surface area contributed by atoms with Crippen LogP contribution < -0.4 is 0 Å². The number of hydrogen-bond donors (Lipinski definition) is 0. The molecule has 0 saturated heterocycles. The van der Waals surface area contributed by atoms with Gasteiger partial charge in [0.05, 0.1) is 5.52 Å². The number of aromatic nitrogens is 1. The minimum Gasteiger partial charge on any atom is -0.255 e. The van der Waals surface area contributed by atoms with Crippen LogP contribution in [0, 0.1) is 18.8 Å². The molecule has 1 heteroatoms. The summed E-state index contributed by atoms with van der Waals surface area (Å²) >= 11 is 0. The molecule has 0 fully saturated rings. The van der Waals surface area contributed by atoms with E-state index in [-0.39, 0.29) is 0 Å². The van der Waals surface area contributed by atoms with Gasteiger partial charge in [0.2, 0.25) is 0 Å². The summed E-state index contributed by atoms with van der Waals surface area (Å²) in [5, 5.41) is 1.19. The average molecular weight is 181 g/mol. The van der Waals surface area contributed by atoms with Crippen LogP contribution in [0.1, 0.15) is 18.1 Å². The van der Waals surface area contributed by atoms with Gasteiger partial charge in [-0.1, -0.05) is 24.1 Å². The van der Waals surface area contributed by atoms with Crippen LogP contribution in [0.3, 0.4) is 0 Å². The molecule has 0 amide bonds. The van der Waals surface area contributed by atoms with E-state index in [9.17, 15) is 0 Å². The number of aryl methyl sites for hydroxylation is 1. The maximum atomic E-state index is 4.36. The summed E-state index contributed by atoms with van der Waals surface area (Å²) in [7, 11) is 0. The summed E-state index contributed by atoms with van der Waals surface area (Å²) in [6, 6.07) is 8.13. The zero-order valence-electron chi connectivity index (χ0n) is 8.33. The lowest BCUT2D eigenvalue weighted by Crippen LogP contribution is -1.87. The number of para-hydroxylation sites is 1. The van der Waals surface area contributed by atoms with Gasteiger partial charge < -0.3 is 0 Å². The number of pyridine rings is 1. The number of benzene rings is 1. The van der Waals surface area contributed by atoms with Gasteiger partial charge in [-0.15, -0.1) is 5.92 Å². The highest BCUT2D eigenvalue weighted by Gasteiger charge is 2.00. The largest absolute Gasteiger partial charge is 0.255 e. The highest BCUT2D eigenvalue weighted by molar-refractivity contribution is 5.83. The van der Waals surface area contributed by atoms with Gasteiger partial charge in [-0.05, 0) is 25.5 Å². The molecule has 14 heavy (non-hydrogen) atoms. The Morgan fingerprint density at radius 2 is 2.00 bits per heavy atom. The van der Waals surface area contributed by atoms with Crippen LogP contribution in [-0.2, 0) is 0 Å². The third kappa shape index (κ3) is 1.36. The number of rotatable bonds is 0. The van der Waals surface area contributed by atoms with Gasteiger partial charge in [0.15, 0.2) is 0 Å². The molecule has 0 N–H and O–H groups in total. The molecule has 0 saturated carbocycles. The second-order valence-corrected chi connectivity index (χ2v) is 3.19. The fraction of sp³-hybridized carbons (Fsp3) is 0.154. The monoisotopic (exact) mass is 181 g/mol. The Morgan fingerprint density at radius 1 is 1.21 bits per heavy atom. The highest BCUT2D eigenvalue weighted by Crippen LogP contribution is 2.18. The minimum atomic E-state index is 1.02. The molecule has 68 valence electrons. The summed E-state index contributed by atoms with van der Waals surface area (Å²) in [6.07, 6.45) is 1.84. The lowest BCUT2D eigenvalue weighted by atomic mass is 10.1. The second-order valence-electron chi connectivity index (χ2n) is 3.19. The molecule has 0 aliphatic heterocycles. The summed E-state index contributed by atoms with van der Waals surface area (Å²) in [4.78, 5) is 4.36. The molecular weight excluding hydrogens is 170 g/mol. The van der Waals surface area contributed by atoms with Crippen LogP contribution >= 0.6 is 0 Å². The van der Waals surface area contributed by atoms with E-state index in [4.69, 9.17) is 0 Å². The number of fused-ring (bicyclic) bond motifs is 1.